The number of rotatable bonds is 4. The van der Waals surface area contributed by atoms with Crippen molar-refractivity contribution in [2.45, 2.75) is 25.3 Å². The van der Waals surface area contributed by atoms with E-state index in [0.29, 0.717) is 38.5 Å². The maximum atomic E-state index is 12.8. The molecule has 1 aromatic rings. The number of amides is 3. The molecule has 2 saturated heterocycles. The van der Waals surface area contributed by atoms with E-state index < -0.39 is 0 Å². The van der Waals surface area contributed by atoms with Gasteiger partial charge in [-0.15, -0.1) is 12.4 Å². The van der Waals surface area contributed by atoms with E-state index in [1.165, 1.54) is 0 Å². The lowest BCUT2D eigenvalue weighted by atomic mass is 10.0. The van der Waals surface area contributed by atoms with E-state index >= 15 is 0 Å². The van der Waals surface area contributed by atoms with Crippen molar-refractivity contribution < 1.29 is 19.1 Å². The van der Waals surface area contributed by atoms with E-state index in [4.69, 9.17) is 4.74 Å². The number of nitrogens with one attached hydrogen (secondary N) is 1. The summed E-state index contributed by atoms with van der Waals surface area (Å²) in [5.41, 5.74) is 0.717. The van der Waals surface area contributed by atoms with Gasteiger partial charge in [-0.2, -0.15) is 0 Å². The van der Waals surface area contributed by atoms with Crippen molar-refractivity contribution in [1.82, 2.24) is 15.1 Å². The normalized spacial score (nSPS) is 21.9. The molecule has 2 fully saturated rings. The number of halogens is 1. The van der Waals surface area contributed by atoms with Gasteiger partial charge in [0.05, 0.1) is 12.2 Å². The Morgan fingerprint density at radius 1 is 1.17 bits per heavy atom. The molecule has 8 nitrogen and oxygen atoms in total. The third kappa shape index (κ3) is 4.64. The lowest BCUT2D eigenvalue weighted by Crippen LogP contribution is -2.57. The number of hydrogen-bond donors (Lipinski definition) is 1. The van der Waals surface area contributed by atoms with Crippen molar-refractivity contribution in [2.24, 2.45) is 0 Å². The van der Waals surface area contributed by atoms with Crippen LogP contribution in [0.25, 0.3) is 0 Å². The maximum absolute atomic E-state index is 12.8. The van der Waals surface area contributed by atoms with E-state index in [9.17, 15) is 14.4 Å². The highest BCUT2D eigenvalue weighted by atomic mass is 35.5. The number of nitrogens with zero attached hydrogens (tertiary/aromatic N) is 3. The number of carbonyl (C=O) groups excluding carboxylic acids is 3. The molecular weight excluding hydrogens is 396 g/mol. The standard InChI is InChI=1S/C20H26N4O4.ClH/c25-18(7-10-24-16-5-1-2-6-17(16)28-14-20(24)27)22-9-3-4-15(13-22)23-11-8-21-12-19(23)26;/h1-2,5-6,15,21H,3-4,7-14H2;1H. The first-order valence-electron chi connectivity index (χ1n) is 9.93. The molecule has 0 radical (unpaired) electrons. The van der Waals surface area contributed by atoms with Crippen LogP contribution in [0.1, 0.15) is 19.3 Å². The van der Waals surface area contributed by atoms with Gasteiger partial charge in [-0.25, -0.2) is 0 Å². The Labute approximate surface area is 176 Å². The summed E-state index contributed by atoms with van der Waals surface area (Å²) in [5, 5.41) is 3.09. The molecule has 158 valence electrons. The zero-order valence-electron chi connectivity index (χ0n) is 16.3. The molecule has 3 aliphatic rings. The van der Waals surface area contributed by atoms with Crippen LogP contribution in [-0.4, -0.2) is 79.4 Å². The van der Waals surface area contributed by atoms with Crippen molar-refractivity contribution in [2.75, 3.05) is 50.8 Å². The second kappa shape index (κ2) is 9.45. The van der Waals surface area contributed by atoms with Crippen molar-refractivity contribution in [3.05, 3.63) is 24.3 Å². The monoisotopic (exact) mass is 422 g/mol. The number of ether oxygens (including phenoxy) is 1. The first-order chi connectivity index (χ1) is 13.6. The summed E-state index contributed by atoms with van der Waals surface area (Å²) in [7, 11) is 0. The predicted octanol–water partition coefficient (Wildman–Crippen LogP) is 0.647. The molecule has 1 atom stereocenters. The van der Waals surface area contributed by atoms with E-state index in [2.05, 4.69) is 5.32 Å². The van der Waals surface area contributed by atoms with Crippen molar-refractivity contribution in [3.63, 3.8) is 0 Å². The number of benzene rings is 1. The minimum absolute atomic E-state index is 0. The fourth-order valence-corrected chi connectivity index (χ4v) is 4.21. The third-order valence-corrected chi connectivity index (χ3v) is 5.67. The fourth-order valence-electron chi connectivity index (χ4n) is 4.21. The molecule has 1 unspecified atom stereocenters. The second-order valence-electron chi connectivity index (χ2n) is 7.45. The van der Waals surface area contributed by atoms with Gasteiger partial charge >= 0.3 is 0 Å². The Morgan fingerprint density at radius 3 is 2.83 bits per heavy atom. The smallest absolute Gasteiger partial charge is 0.265 e. The van der Waals surface area contributed by atoms with Gasteiger partial charge in [0.1, 0.15) is 5.75 Å². The van der Waals surface area contributed by atoms with Crippen LogP contribution in [-0.2, 0) is 14.4 Å². The zero-order chi connectivity index (χ0) is 19.5. The highest BCUT2D eigenvalue weighted by Crippen LogP contribution is 2.31. The molecule has 0 spiro atoms. The van der Waals surface area contributed by atoms with Crippen molar-refractivity contribution in [3.8, 4) is 5.75 Å². The minimum atomic E-state index is -0.130. The van der Waals surface area contributed by atoms with Crippen LogP contribution in [0.15, 0.2) is 24.3 Å². The minimum Gasteiger partial charge on any atom is -0.482 e. The first kappa shape index (κ1) is 21.4. The highest BCUT2D eigenvalue weighted by molar-refractivity contribution is 5.98. The molecule has 1 aromatic carbocycles. The Kier molecular flexibility index (Phi) is 6.97. The number of fused-ring (bicyclic) bond motifs is 1. The van der Waals surface area contributed by atoms with Gasteiger partial charge in [0, 0.05) is 45.2 Å². The van der Waals surface area contributed by atoms with Crippen LogP contribution in [0.5, 0.6) is 5.75 Å². The average Bonchev–Trinajstić information content (AvgIpc) is 2.73. The Bertz CT molecular complexity index is 775. The topological polar surface area (TPSA) is 82.2 Å². The lowest BCUT2D eigenvalue weighted by Gasteiger charge is -2.41. The molecule has 1 N–H and O–H groups in total. The van der Waals surface area contributed by atoms with Gasteiger partial charge in [-0.05, 0) is 25.0 Å². The molecule has 0 aliphatic carbocycles. The summed E-state index contributed by atoms with van der Waals surface area (Å²) in [6.45, 7) is 3.51. The Morgan fingerprint density at radius 2 is 2.00 bits per heavy atom. The van der Waals surface area contributed by atoms with E-state index in [0.717, 1.165) is 25.1 Å². The number of likely N-dealkylation sites (tertiary alicyclic amines) is 1. The second-order valence-corrected chi connectivity index (χ2v) is 7.45. The molecule has 0 bridgehead atoms. The number of hydrogen-bond acceptors (Lipinski definition) is 5. The first-order valence-corrected chi connectivity index (χ1v) is 9.93. The van der Waals surface area contributed by atoms with E-state index in [1.54, 1.807) is 4.90 Å². The van der Waals surface area contributed by atoms with E-state index in [-0.39, 0.29) is 49.2 Å². The van der Waals surface area contributed by atoms with Crippen LogP contribution in [0, 0.1) is 0 Å². The van der Waals surface area contributed by atoms with Gasteiger partial charge in [0.2, 0.25) is 11.8 Å². The predicted molar refractivity (Wildman–Crippen MR) is 110 cm³/mol. The van der Waals surface area contributed by atoms with Crippen molar-refractivity contribution in [1.29, 1.82) is 0 Å². The summed E-state index contributed by atoms with van der Waals surface area (Å²) < 4.78 is 5.45. The summed E-state index contributed by atoms with van der Waals surface area (Å²) in [6.07, 6.45) is 2.10. The molecule has 3 aliphatic heterocycles. The molecule has 0 saturated carbocycles. The Balaban J connectivity index is 0.00000240. The fraction of sp³-hybridized carbons (Fsp3) is 0.550. The van der Waals surface area contributed by atoms with Crippen molar-refractivity contribution >= 4 is 35.8 Å². The van der Waals surface area contributed by atoms with E-state index in [1.807, 2.05) is 34.1 Å². The van der Waals surface area contributed by atoms with Crippen LogP contribution in [0.4, 0.5) is 5.69 Å². The largest absolute Gasteiger partial charge is 0.482 e. The third-order valence-electron chi connectivity index (χ3n) is 5.67. The molecule has 9 heteroatoms. The summed E-state index contributed by atoms with van der Waals surface area (Å²) >= 11 is 0. The van der Waals surface area contributed by atoms with Gasteiger partial charge in [-0.3, -0.25) is 14.4 Å². The zero-order valence-corrected chi connectivity index (χ0v) is 17.2. The number of carbonyl (C=O) groups is 3. The Hall–Kier alpha value is -2.32. The summed E-state index contributed by atoms with van der Waals surface area (Å²) in [5.74, 6) is 0.685. The number of anilines is 1. The van der Waals surface area contributed by atoms with Gasteiger partial charge < -0.3 is 24.8 Å². The molecule has 3 heterocycles. The van der Waals surface area contributed by atoms with Gasteiger partial charge in [-0.1, -0.05) is 12.1 Å². The van der Waals surface area contributed by atoms with Crippen LogP contribution in [0.2, 0.25) is 0 Å². The average molecular weight is 423 g/mol. The number of piperidine rings is 1. The van der Waals surface area contributed by atoms with Crippen LogP contribution < -0.4 is 15.0 Å². The van der Waals surface area contributed by atoms with Crippen LogP contribution >= 0.6 is 12.4 Å². The maximum Gasteiger partial charge on any atom is 0.265 e. The summed E-state index contributed by atoms with van der Waals surface area (Å²) in [6, 6.07) is 7.48. The lowest BCUT2D eigenvalue weighted by molar-refractivity contribution is -0.140. The molecule has 29 heavy (non-hydrogen) atoms. The molecular formula is C20H27ClN4O4. The summed E-state index contributed by atoms with van der Waals surface area (Å²) in [4.78, 5) is 42.6. The van der Waals surface area contributed by atoms with Gasteiger partial charge in [0.15, 0.2) is 6.61 Å². The number of piperazine rings is 1. The molecule has 3 amide bonds. The number of para-hydroxylation sites is 2. The quantitative estimate of drug-likeness (QED) is 0.770. The highest BCUT2D eigenvalue weighted by Gasteiger charge is 2.32. The molecule has 4 rings (SSSR count). The SMILES string of the molecule is Cl.O=C(CCN1C(=O)COc2ccccc21)N1CCCC(N2CCNCC2=O)C1. The van der Waals surface area contributed by atoms with Crippen LogP contribution in [0.3, 0.4) is 0 Å². The molecule has 0 aromatic heterocycles. The van der Waals surface area contributed by atoms with Gasteiger partial charge in [0.25, 0.3) is 5.91 Å².